The molecule has 0 atom stereocenters. The van der Waals surface area contributed by atoms with Crippen molar-refractivity contribution in [2.45, 2.75) is 32.4 Å². The first kappa shape index (κ1) is 11.5. The summed E-state index contributed by atoms with van der Waals surface area (Å²) in [5.41, 5.74) is 0.905. The molecule has 1 aliphatic rings. The van der Waals surface area contributed by atoms with Crippen LogP contribution in [0.1, 0.15) is 30.4 Å². The number of hydrogen-bond acceptors (Lipinski definition) is 3. The van der Waals surface area contributed by atoms with Crippen LogP contribution in [0.2, 0.25) is 5.15 Å². The predicted molar refractivity (Wildman–Crippen MR) is 67.8 cm³/mol. The van der Waals surface area contributed by atoms with Gasteiger partial charge in [-0.3, -0.25) is 9.36 Å². The zero-order valence-corrected chi connectivity index (χ0v) is 10.8. The maximum absolute atomic E-state index is 11.9. The minimum Gasteiger partial charge on any atom is -0.330 e. The third-order valence-electron chi connectivity index (χ3n) is 3.17. The Kier molecular flexibility index (Phi) is 2.70. The fourth-order valence-electron chi connectivity index (χ4n) is 2.08. The number of aromatic nitrogens is 4. The fourth-order valence-corrected chi connectivity index (χ4v) is 2.29. The molecule has 0 saturated heterocycles. The minimum absolute atomic E-state index is 0.129. The van der Waals surface area contributed by atoms with Gasteiger partial charge in [0.2, 0.25) is 0 Å². The van der Waals surface area contributed by atoms with Crippen molar-refractivity contribution in [2.75, 3.05) is 0 Å². The molecule has 2 aromatic heterocycles. The van der Waals surface area contributed by atoms with E-state index in [4.69, 9.17) is 11.6 Å². The zero-order chi connectivity index (χ0) is 12.7. The molecule has 3 rings (SSSR count). The minimum atomic E-state index is -0.129. The quantitative estimate of drug-likeness (QED) is 0.794. The molecule has 0 amide bonds. The van der Waals surface area contributed by atoms with Gasteiger partial charge in [-0.2, -0.15) is 0 Å². The molecule has 0 bridgehead atoms. The summed E-state index contributed by atoms with van der Waals surface area (Å²) in [6, 6.07) is 1.89. The van der Waals surface area contributed by atoms with Crippen molar-refractivity contribution in [3.8, 4) is 0 Å². The molecule has 2 aromatic rings. The Bertz CT molecular complexity index is 642. The van der Waals surface area contributed by atoms with Crippen LogP contribution in [-0.2, 0) is 6.54 Å². The maximum atomic E-state index is 11.9. The summed E-state index contributed by atoms with van der Waals surface area (Å²) in [6.07, 6.45) is 6.02. The first-order valence-electron chi connectivity index (χ1n) is 5.90. The SMILES string of the molecule is Cc1nc(Cl)cc(=O)n1Cc1cncn1C1CC1. The molecule has 6 heteroatoms. The highest BCUT2D eigenvalue weighted by Crippen LogP contribution is 2.35. The third-order valence-corrected chi connectivity index (χ3v) is 3.37. The monoisotopic (exact) mass is 264 g/mol. The molecule has 0 spiro atoms. The second-order valence-corrected chi connectivity index (χ2v) is 4.96. The van der Waals surface area contributed by atoms with Gasteiger partial charge in [-0.25, -0.2) is 9.97 Å². The van der Waals surface area contributed by atoms with Crippen molar-refractivity contribution in [1.82, 2.24) is 19.1 Å². The second-order valence-electron chi connectivity index (χ2n) is 4.57. The molecule has 1 saturated carbocycles. The summed E-state index contributed by atoms with van der Waals surface area (Å²) >= 11 is 5.75. The van der Waals surface area contributed by atoms with Crippen LogP contribution in [-0.4, -0.2) is 19.1 Å². The van der Waals surface area contributed by atoms with Crippen LogP contribution in [0.25, 0.3) is 0 Å². The predicted octanol–water partition coefficient (Wildman–Crippen LogP) is 1.78. The lowest BCUT2D eigenvalue weighted by Gasteiger charge is -2.11. The normalized spacial score (nSPS) is 15.0. The Hall–Kier alpha value is -1.62. The summed E-state index contributed by atoms with van der Waals surface area (Å²) in [5, 5.41) is 0.240. The van der Waals surface area contributed by atoms with Crippen molar-refractivity contribution in [1.29, 1.82) is 0 Å². The molecule has 5 nitrogen and oxygen atoms in total. The summed E-state index contributed by atoms with van der Waals surface area (Å²) < 4.78 is 3.75. The number of halogens is 1. The number of aryl methyl sites for hydroxylation is 1. The van der Waals surface area contributed by atoms with Crippen LogP contribution in [0.3, 0.4) is 0 Å². The lowest BCUT2D eigenvalue weighted by Crippen LogP contribution is -2.24. The van der Waals surface area contributed by atoms with Crippen molar-refractivity contribution in [2.24, 2.45) is 0 Å². The van der Waals surface area contributed by atoms with Gasteiger partial charge in [-0.1, -0.05) is 11.6 Å². The summed E-state index contributed by atoms with van der Waals surface area (Å²) in [7, 11) is 0. The molecule has 0 aliphatic heterocycles. The lowest BCUT2D eigenvalue weighted by molar-refractivity contribution is 0.625. The highest BCUT2D eigenvalue weighted by Gasteiger charge is 2.25. The average Bonchev–Trinajstić information content (AvgIpc) is 3.04. The highest BCUT2D eigenvalue weighted by molar-refractivity contribution is 6.29. The molecule has 2 heterocycles. The van der Waals surface area contributed by atoms with Gasteiger partial charge >= 0.3 is 0 Å². The average molecular weight is 265 g/mol. The van der Waals surface area contributed by atoms with E-state index < -0.39 is 0 Å². The van der Waals surface area contributed by atoms with Gasteiger partial charge in [-0.05, 0) is 19.8 Å². The molecule has 94 valence electrons. The molecule has 0 N–H and O–H groups in total. The summed E-state index contributed by atoms with van der Waals surface area (Å²) in [4.78, 5) is 20.2. The van der Waals surface area contributed by atoms with Gasteiger partial charge < -0.3 is 4.57 Å². The van der Waals surface area contributed by atoms with E-state index in [1.165, 1.54) is 18.9 Å². The largest absolute Gasteiger partial charge is 0.330 e. The summed E-state index contributed by atoms with van der Waals surface area (Å²) in [6.45, 7) is 2.27. The van der Waals surface area contributed by atoms with Gasteiger partial charge in [0.15, 0.2) is 0 Å². The van der Waals surface area contributed by atoms with E-state index in [1.54, 1.807) is 17.7 Å². The van der Waals surface area contributed by atoms with Crippen LogP contribution in [0.15, 0.2) is 23.4 Å². The van der Waals surface area contributed by atoms with E-state index in [2.05, 4.69) is 14.5 Å². The Morgan fingerprint density at radius 3 is 2.94 bits per heavy atom. The van der Waals surface area contributed by atoms with Gasteiger partial charge in [0.1, 0.15) is 11.0 Å². The number of hydrogen-bond donors (Lipinski definition) is 0. The smallest absolute Gasteiger partial charge is 0.255 e. The van der Waals surface area contributed by atoms with Crippen molar-refractivity contribution in [3.63, 3.8) is 0 Å². The Labute approximate surface area is 109 Å². The van der Waals surface area contributed by atoms with Crippen molar-refractivity contribution >= 4 is 11.6 Å². The van der Waals surface area contributed by atoms with Gasteiger partial charge in [-0.15, -0.1) is 0 Å². The van der Waals surface area contributed by atoms with E-state index in [9.17, 15) is 4.79 Å². The van der Waals surface area contributed by atoms with Gasteiger partial charge in [0.05, 0.1) is 18.6 Å². The zero-order valence-electron chi connectivity index (χ0n) is 10.0. The molecule has 0 aromatic carbocycles. The Balaban J connectivity index is 1.97. The van der Waals surface area contributed by atoms with E-state index in [0.717, 1.165) is 5.69 Å². The lowest BCUT2D eigenvalue weighted by atomic mass is 10.4. The topological polar surface area (TPSA) is 52.7 Å². The van der Waals surface area contributed by atoms with Crippen LogP contribution in [0.5, 0.6) is 0 Å². The first-order valence-corrected chi connectivity index (χ1v) is 6.27. The molecule has 1 fully saturated rings. The van der Waals surface area contributed by atoms with E-state index in [1.807, 2.05) is 6.33 Å². The van der Waals surface area contributed by atoms with Crippen molar-refractivity contribution < 1.29 is 0 Å². The van der Waals surface area contributed by atoms with Crippen LogP contribution < -0.4 is 5.56 Å². The van der Waals surface area contributed by atoms with Crippen LogP contribution >= 0.6 is 11.6 Å². The van der Waals surface area contributed by atoms with E-state index in [0.29, 0.717) is 18.4 Å². The number of nitrogens with zero attached hydrogens (tertiary/aromatic N) is 4. The van der Waals surface area contributed by atoms with Crippen LogP contribution in [0, 0.1) is 6.92 Å². The molecule has 0 radical (unpaired) electrons. The van der Waals surface area contributed by atoms with Crippen molar-refractivity contribution in [3.05, 3.63) is 45.6 Å². The molecular weight excluding hydrogens is 252 g/mol. The van der Waals surface area contributed by atoms with Gasteiger partial charge in [0.25, 0.3) is 5.56 Å². The standard InChI is InChI=1S/C12H13ClN4O/c1-8-15-11(13)4-12(18)16(8)6-10-5-14-7-17(10)9-2-3-9/h4-5,7,9H,2-3,6H2,1H3. The molecule has 1 aliphatic carbocycles. The molecular formula is C12H13ClN4O. The molecule has 18 heavy (non-hydrogen) atoms. The maximum Gasteiger partial charge on any atom is 0.255 e. The third kappa shape index (κ3) is 2.06. The second kappa shape index (κ2) is 4.24. The van der Waals surface area contributed by atoms with E-state index >= 15 is 0 Å². The van der Waals surface area contributed by atoms with E-state index in [-0.39, 0.29) is 10.7 Å². The number of rotatable bonds is 3. The fraction of sp³-hybridized carbons (Fsp3) is 0.417. The number of imidazole rings is 1. The van der Waals surface area contributed by atoms with Gasteiger partial charge in [0, 0.05) is 18.3 Å². The first-order chi connectivity index (χ1) is 8.65. The summed E-state index contributed by atoms with van der Waals surface area (Å²) in [5.74, 6) is 0.621. The Morgan fingerprint density at radius 2 is 2.28 bits per heavy atom. The van der Waals surface area contributed by atoms with Crippen LogP contribution in [0.4, 0.5) is 0 Å². The molecule has 0 unspecified atom stereocenters. The Morgan fingerprint density at radius 1 is 1.50 bits per heavy atom. The highest BCUT2D eigenvalue weighted by atomic mass is 35.5.